The summed E-state index contributed by atoms with van der Waals surface area (Å²) in [4.78, 5) is 14.6. The summed E-state index contributed by atoms with van der Waals surface area (Å²) in [6.07, 6.45) is 4.40. The lowest BCUT2D eigenvalue weighted by Gasteiger charge is -2.41. The standard InChI is InChI=1S/C24H25FN4O2/c1-31-15-24(8-9-24)27-18-13-29(14-18)23(30)20-10-16(6-7-21(20)25)11-22-19-5-3-2-4-17(19)12-26-28-22/h2-7,10,12,18,27H,8-9,11,13-15H2,1H3. The number of nitrogens with zero attached hydrogens (tertiary/aromatic N) is 3. The number of ether oxygens (including phenoxy) is 1. The molecule has 1 aliphatic carbocycles. The second-order valence-electron chi connectivity index (χ2n) is 8.63. The van der Waals surface area contributed by atoms with Gasteiger partial charge in [-0.25, -0.2) is 4.39 Å². The van der Waals surface area contributed by atoms with Gasteiger partial charge in [0.2, 0.25) is 0 Å². The van der Waals surface area contributed by atoms with Gasteiger partial charge in [0.25, 0.3) is 5.91 Å². The van der Waals surface area contributed by atoms with E-state index in [1.807, 2.05) is 24.3 Å². The van der Waals surface area contributed by atoms with Gasteiger partial charge in [-0.2, -0.15) is 10.2 Å². The van der Waals surface area contributed by atoms with E-state index in [1.165, 1.54) is 6.07 Å². The highest BCUT2D eigenvalue weighted by atomic mass is 19.1. The van der Waals surface area contributed by atoms with Gasteiger partial charge in [-0.15, -0.1) is 0 Å². The Labute approximate surface area is 180 Å². The Bertz CT molecular complexity index is 1120. The van der Waals surface area contributed by atoms with Crippen molar-refractivity contribution in [2.24, 2.45) is 0 Å². The highest BCUT2D eigenvalue weighted by molar-refractivity contribution is 5.95. The first-order valence-corrected chi connectivity index (χ1v) is 10.6. The number of hydrogen-bond donors (Lipinski definition) is 1. The van der Waals surface area contributed by atoms with Crippen molar-refractivity contribution in [3.63, 3.8) is 0 Å². The molecular formula is C24H25FN4O2. The van der Waals surface area contributed by atoms with Crippen LogP contribution in [0.3, 0.4) is 0 Å². The van der Waals surface area contributed by atoms with Crippen LogP contribution in [0.25, 0.3) is 10.8 Å². The van der Waals surface area contributed by atoms with Crippen molar-refractivity contribution in [1.82, 2.24) is 20.4 Å². The van der Waals surface area contributed by atoms with E-state index < -0.39 is 5.82 Å². The molecule has 1 saturated heterocycles. The van der Waals surface area contributed by atoms with E-state index in [4.69, 9.17) is 4.74 Å². The number of rotatable bonds is 7. The summed E-state index contributed by atoms with van der Waals surface area (Å²) in [6.45, 7) is 1.86. The van der Waals surface area contributed by atoms with Gasteiger partial charge in [0, 0.05) is 49.0 Å². The largest absolute Gasteiger partial charge is 0.383 e. The Morgan fingerprint density at radius 3 is 2.84 bits per heavy atom. The zero-order chi connectivity index (χ0) is 21.4. The van der Waals surface area contributed by atoms with Crippen molar-refractivity contribution >= 4 is 16.7 Å². The van der Waals surface area contributed by atoms with Crippen molar-refractivity contribution in [2.45, 2.75) is 30.8 Å². The molecule has 1 saturated carbocycles. The molecule has 0 spiro atoms. The highest BCUT2D eigenvalue weighted by Gasteiger charge is 2.46. The minimum atomic E-state index is -0.493. The third-order valence-electron chi connectivity index (χ3n) is 6.23. The summed E-state index contributed by atoms with van der Waals surface area (Å²) in [6, 6.07) is 12.9. The van der Waals surface area contributed by atoms with E-state index >= 15 is 0 Å². The zero-order valence-corrected chi connectivity index (χ0v) is 17.5. The van der Waals surface area contributed by atoms with Gasteiger partial charge in [-0.3, -0.25) is 4.79 Å². The number of methoxy groups -OCH3 is 1. The quantitative estimate of drug-likeness (QED) is 0.637. The molecule has 1 aliphatic heterocycles. The monoisotopic (exact) mass is 420 g/mol. The van der Waals surface area contributed by atoms with Gasteiger partial charge >= 0.3 is 0 Å². The first kappa shape index (κ1) is 20.0. The molecule has 2 aliphatic rings. The zero-order valence-electron chi connectivity index (χ0n) is 17.5. The second kappa shape index (κ2) is 7.98. The molecule has 2 fully saturated rings. The van der Waals surface area contributed by atoms with Crippen LogP contribution in [0.4, 0.5) is 4.39 Å². The number of hydrogen-bond acceptors (Lipinski definition) is 5. The molecule has 1 amide bonds. The first-order chi connectivity index (χ1) is 15.1. The van der Waals surface area contributed by atoms with Crippen LogP contribution in [0.15, 0.2) is 48.7 Å². The molecule has 0 radical (unpaired) electrons. The minimum absolute atomic E-state index is 0.0687. The van der Waals surface area contributed by atoms with Crippen molar-refractivity contribution in [1.29, 1.82) is 0 Å². The fraction of sp³-hybridized carbons (Fsp3) is 0.375. The maximum Gasteiger partial charge on any atom is 0.256 e. The van der Waals surface area contributed by atoms with E-state index in [9.17, 15) is 9.18 Å². The summed E-state index contributed by atoms with van der Waals surface area (Å²) in [7, 11) is 1.71. The smallest absolute Gasteiger partial charge is 0.256 e. The van der Waals surface area contributed by atoms with Crippen LogP contribution in [-0.4, -0.2) is 59.4 Å². The van der Waals surface area contributed by atoms with Gasteiger partial charge in [-0.05, 0) is 30.5 Å². The van der Waals surface area contributed by atoms with Crippen LogP contribution in [-0.2, 0) is 11.2 Å². The molecular weight excluding hydrogens is 395 g/mol. The second-order valence-corrected chi connectivity index (χ2v) is 8.63. The van der Waals surface area contributed by atoms with Gasteiger partial charge in [0.1, 0.15) is 5.82 Å². The minimum Gasteiger partial charge on any atom is -0.383 e. The number of carbonyl (C=O) groups is 1. The van der Waals surface area contributed by atoms with Crippen LogP contribution in [0.1, 0.15) is 34.5 Å². The predicted octanol–water partition coefficient (Wildman–Crippen LogP) is 2.95. The first-order valence-electron chi connectivity index (χ1n) is 10.6. The predicted molar refractivity (Wildman–Crippen MR) is 115 cm³/mol. The molecule has 7 heteroatoms. The number of carbonyl (C=O) groups excluding carboxylic acids is 1. The Kier molecular flexibility index (Phi) is 5.16. The maximum absolute atomic E-state index is 14.5. The fourth-order valence-electron chi connectivity index (χ4n) is 4.35. The van der Waals surface area contributed by atoms with E-state index in [-0.39, 0.29) is 23.1 Å². The topological polar surface area (TPSA) is 67.3 Å². The summed E-state index contributed by atoms with van der Waals surface area (Å²) < 4.78 is 19.8. The van der Waals surface area contributed by atoms with Crippen molar-refractivity contribution in [2.75, 3.05) is 26.8 Å². The molecule has 1 N–H and O–H groups in total. The SMILES string of the molecule is COCC1(NC2CN(C(=O)c3cc(Cc4nncc5ccccc45)ccc3F)C2)CC1. The van der Waals surface area contributed by atoms with Crippen LogP contribution in [0, 0.1) is 5.82 Å². The van der Waals surface area contributed by atoms with E-state index in [2.05, 4.69) is 15.5 Å². The summed E-state index contributed by atoms with van der Waals surface area (Å²) >= 11 is 0. The van der Waals surface area contributed by atoms with E-state index in [0.29, 0.717) is 26.1 Å². The Morgan fingerprint density at radius 2 is 2.06 bits per heavy atom. The lowest BCUT2D eigenvalue weighted by Crippen LogP contribution is -2.63. The molecule has 2 aromatic carbocycles. The number of amides is 1. The number of fused-ring (bicyclic) bond motifs is 1. The summed E-state index contributed by atoms with van der Waals surface area (Å²) in [5.41, 5.74) is 1.83. The van der Waals surface area contributed by atoms with Gasteiger partial charge in [0.05, 0.1) is 24.1 Å². The van der Waals surface area contributed by atoms with Crippen LogP contribution in [0.2, 0.25) is 0 Å². The number of benzene rings is 2. The van der Waals surface area contributed by atoms with E-state index in [0.717, 1.165) is 34.9 Å². The number of likely N-dealkylation sites (tertiary alicyclic amines) is 1. The molecule has 0 bridgehead atoms. The molecule has 0 unspecified atom stereocenters. The molecule has 3 aromatic rings. The number of aromatic nitrogens is 2. The third-order valence-corrected chi connectivity index (χ3v) is 6.23. The number of nitrogens with one attached hydrogen (secondary N) is 1. The van der Waals surface area contributed by atoms with E-state index in [1.54, 1.807) is 30.3 Å². The lowest BCUT2D eigenvalue weighted by atomic mass is 10.0. The average molecular weight is 420 g/mol. The normalized spacial score (nSPS) is 17.5. The van der Waals surface area contributed by atoms with Crippen LogP contribution in [0.5, 0.6) is 0 Å². The molecule has 5 rings (SSSR count). The highest BCUT2D eigenvalue weighted by Crippen LogP contribution is 2.37. The van der Waals surface area contributed by atoms with Crippen molar-refractivity contribution in [3.05, 3.63) is 71.3 Å². The van der Waals surface area contributed by atoms with Crippen LogP contribution >= 0.6 is 0 Å². The average Bonchev–Trinajstić information content (AvgIpc) is 3.51. The fourth-order valence-corrected chi connectivity index (χ4v) is 4.35. The van der Waals surface area contributed by atoms with Crippen LogP contribution < -0.4 is 5.32 Å². The molecule has 31 heavy (non-hydrogen) atoms. The van der Waals surface area contributed by atoms with Gasteiger partial charge < -0.3 is 15.0 Å². The summed E-state index contributed by atoms with van der Waals surface area (Å²) in [5, 5.41) is 14.0. The van der Waals surface area contributed by atoms with Crippen molar-refractivity contribution < 1.29 is 13.9 Å². The Morgan fingerprint density at radius 1 is 1.26 bits per heavy atom. The number of halogens is 1. The van der Waals surface area contributed by atoms with Gasteiger partial charge in [0.15, 0.2) is 0 Å². The molecule has 2 heterocycles. The van der Waals surface area contributed by atoms with Gasteiger partial charge in [-0.1, -0.05) is 30.3 Å². The molecule has 0 atom stereocenters. The van der Waals surface area contributed by atoms with Crippen molar-refractivity contribution in [3.8, 4) is 0 Å². The third kappa shape index (κ3) is 4.03. The Hall–Kier alpha value is -2.90. The maximum atomic E-state index is 14.5. The molecule has 160 valence electrons. The lowest BCUT2D eigenvalue weighted by molar-refractivity contribution is 0.0507. The molecule has 6 nitrogen and oxygen atoms in total. The Balaban J connectivity index is 1.28. The molecule has 1 aromatic heterocycles. The summed E-state index contributed by atoms with van der Waals surface area (Å²) in [5.74, 6) is -0.759.